The predicted octanol–water partition coefficient (Wildman–Crippen LogP) is 6.27. The minimum Gasteiger partial charge on any atom is -0.494 e. The predicted molar refractivity (Wildman–Crippen MR) is 163 cm³/mol. The van der Waals surface area contributed by atoms with Crippen molar-refractivity contribution < 1.29 is 9.47 Å². The first-order chi connectivity index (χ1) is 18.3. The molecule has 1 aromatic heterocycles. The number of rotatable bonds is 10. The molecular weight excluding hydrogens is 566 g/mol. The van der Waals surface area contributed by atoms with Gasteiger partial charge >= 0.3 is 0 Å². The van der Waals surface area contributed by atoms with Crippen LogP contribution in [0.2, 0.25) is 0 Å². The second-order valence-corrected chi connectivity index (χ2v) is 10.8. The van der Waals surface area contributed by atoms with Gasteiger partial charge in [0.05, 0.1) is 30.1 Å². The Morgan fingerprint density at radius 1 is 1.05 bits per heavy atom. The molecule has 2 heterocycles. The lowest BCUT2D eigenvalue weighted by molar-refractivity contribution is 0.249. The topological polar surface area (TPSA) is 86.8 Å². The van der Waals surface area contributed by atoms with Crippen LogP contribution >= 0.6 is 27.9 Å². The molecule has 1 fully saturated rings. The summed E-state index contributed by atoms with van der Waals surface area (Å²) in [6.07, 6.45) is 5.99. The average molecular weight is 603 g/mol. The highest BCUT2D eigenvalue weighted by atomic mass is 79.9. The van der Waals surface area contributed by atoms with E-state index in [1.54, 1.807) is 20.4 Å². The van der Waals surface area contributed by atoms with E-state index in [0.29, 0.717) is 17.8 Å². The molecule has 0 bridgehead atoms. The van der Waals surface area contributed by atoms with E-state index in [1.165, 1.54) is 23.2 Å². The summed E-state index contributed by atoms with van der Waals surface area (Å²) in [5.41, 5.74) is 4.87. The van der Waals surface area contributed by atoms with E-state index >= 15 is 0 Å². The van der Waals surface area contributed by atoms with Gasteiger partial charge < -0.3 is 34.6 Å². The van der Waals surface area contributed by atoms with Gasteiger partial charge in [0.1, 0.15) is 23.0 Å². The van der Waals surface area contributed by atoms with Crippen molar-refractivity contribution in [3.63, 3.8) is 0 Å². The molecule has 38 heavy (non-hydrogen) atoms. The molecule has 4 rings (SSSR count). The fraction of sp³-hybridized carbons (Fsp3) is 0.407. The van der Waals surface area contributed by atoms with Crippen molar-refractivity contribution in [1.29, 1.82) is 0 Å². The number of anilines is 6. The fourth-order valence-corrected chi connectivity index (χ4v) is 5.39. The standard InChI is InChI=1S/C27H36BrN7O2S/c1-17-14-21(24(37-5)15-22(17)35-12-10-18(11-13-35)34(2)3)31-27-29-16-19(28)26(32-27)30-20-8-7-9-23(36-4)25(20)33-38-6/h7-9,14-16,18,33H,10-13H2,1-6H3,(H2,29,30,31,32). The third-order valence-electron chi connectivity index (χ3n) is 6.75. The van der Waals surface area contributed by atoms with Gasteiger partial charge in [0.15, 0.2) is 0 Å². The number of hydrogen-bond acceptors (Lipinski definition) is 10. The number of ether oxygens (including phenoxy) is 2. The molecule has 0 atom stereocenters. The Morgan fingerprint density at radius 3 is 2.45 bits per heavy atom. The summed E-state index contributed by atoms with van der Waals surface area (Å²) >= 11 is 5.06. The van der Waals surface area contributed by atoms with E-state index < -0.39 is 0 Å². The molecule has 0 saturated carbocycles. The van der Waals surface area contributed by atoms with Crippen molar-refractivity contribution in [2.75, 3.05) is 67.9 Å². The minimum absolute atomic E-state index is 0.454. The second kappa shape index (κ2) is 12.8. The van der Waals surface area contributed by atoms with Crippen LogP contribution in [0.4, 0.5) is 34.5 Å². The van der Waals surface area contributed by atoms with Crippen LogP contribution in [0.1, 0.15) is 18.4 Å². The number of para-hydroxylation sites is 1. The summed E-state index contributed by atoms with van der Waals surface area (Å²) in [5, 5.41) is 6.75. The first-order valence-corrected chi connectivity index (χ1v) is 14.5. The van der Waals surface area contributed by atoms with Gasteiger partial charge in [-0.2, -0.15) is 4.98 Å². The lowest BCUT2D eigenvalue weighted by Gasteiger charge is -2.37. The number of nitrogens with one attached hydrogen (secondary N) is 3. The molecule has 9 nitrogen and oxygen atoms in total. The maximum Gasteiger partial charge on any atom is 0.229 e. The average Bonchev–Trinajstić information content (AvgIpc) is 2.91. The Balaban J connectivity index is 1.57. The molecule has 2 aromatic carbocycles. The first-order valence-electron chi connectivity index (χ1n) is 12.5. The zero-order chi connectivity index (χ0) is 27.2. The van der Waals surface area contributed by atoms with Crippen LogP contribution in [0.3, 0.4) is 0 Å². The summed E-state index contributed by atoms with van der Waals surface area (Å²) < 4.78 is 15.3. The molecule has 1 aliphatic heterocycles. The lowest BCUT2D eigenvalue weighted by Crippen LogP contribution is -2.42. The number of benzene rings is 2. The highest BCUT2D eigenvalue weighted by molar-refractivity contribution is 9.10. The lowest BCUT2D eigenvalue weighted by atomic mass is 10.0. The van der Waals surface area contributed by atoms with E-state index in [9.17, 15) is 0 Å². The largest absolute Gasteiger partial charge is 0.494 e. The van der Waals surface area contributed by atoms with Gasteiger partial charge in [0.2, 0.25) is 5.95 Å². The second-order valence-electron chi connectivity index (χ2n) is 9.35. The number of aromatic nitrogens is 2. The summed E-state index contributed by atoms with van der Waals surface area (Å²) in [6, 6.07) is 10.7. The van der Waals surface area contributed by atoms with Crippen LogP contribution in [0.25, 0.3) is 0 Å². The Bertz CT molecular complexity index is 1250. The van der Waals surface area contributed by atoms with E-state index in [4.69, 9.17) is 14.5 Å². The monoisotopic (exact) mass is 601 g/mol. The summed E-state index contributed by atoms with van der Waals surface area (Å²) in [7, 11) is 7.67. The van der Waals surface area contributed by atoms with Crippen molar-refractivity contribution in [2.24, 2.45) is 0 Å². The van der Waals surface area contributed by atoms with Crippen LogP contribution in [0.15, 0.2) is 41.0 Å². The van der Waals surface area contributed by atoms with Crippen molar-refractivity contribution in [3.05, 3.63) is 46.6 Å². The SMILES string of the molecule is COc1cc(N2CCC(N(C)C)CC2)c(C)cc1Nc1ncc(Br)c(Nc2cccc(OC)c2NSC)n1. The van der Waals surface area contributed by atoms with E-state index in [2.05, 4.69) is 79.2 Å². The number of aryl methyl sites for hydroxylation is 1. The van der Waals surface area contributed by atoms with Gasteiger partial charge in [0, 0.05) is 43.3 Å². The van der Waals surface area contributed by atoms with Crippen LogP contribution in [-0.4, -0.2) is 68.6 Å². The Morgan fingerprint density at radius 2 is 1.79 bits per heavy atom. The summed E-state index contributed by atoms with van der Waals surface area (Å²) in [6.45, 7) is 4.20. The maximum absolute atomic E-state index is 5.78. The molecule has 3 N–H and O–H groups in total. The number of piperidine rings is 1. The molecule has 1 saturated heterocycles. The van der Waals surface area contributed by atoms with Crippen molar-refractivity contribution >= 4 is 62.4 Å². The van der Waals surface area contributed by atoms with Crippen molar-refractivity contribution in [3.8, 4) is 11.5 Å². The summed E-state index contributed by atoms with van der Waals surface area (Å²) in [4.78, 5) is 14.0. The molecular formula is C27H36BrN7O2S. The zero-order valence-electron chi connectivity index (χ0n) is 22.8. The smallest absolute Gasteiger partial charge is 0.229 e. The molecule has 0 unspecified atom stereocenters. The molecule has 204 valence electrons. The highest BCUT2D eigenvalue weighted by Gasteiger charge is 2.23. The van der Waals surface area contributed by atoms with E-state index in [0.717, 1.165) is 59.0 Å². The molecule has 11 heteroatoms. The maximum atomic E-state index is 5.78. The first kappa shape index (κ1) is 28.1. The van der Waals surface area contributed by atoms with Gasteiger partial charge in [-0.05, 0) is 73.6 Å². The molecule has 1 aliphatic rings. The van der Waals surface area contributed by atoms with Crippen molar-refractivity contribution in [2.45, 2.75) is 25.8 Å². The fourth-order valence-electron chi connectivity index (χ4n) is 4.68. The van der Waals surface area contributed by atoms with Gasteiger partial charge in [0.25, 0.3) is 0 Å². The van der Waals surface area contributed by atoms with Crippen LogP contribution < -0.4 is 29.7 Å². The Hall–Kier alpha value is -2.89. The third kappa shape index (κ3) is 6.39. The van der Waals surface area contributed by atoms with Gasteiger partial charge in [-0.1, -0.05) is 18.0 Å². The van der Waals surface area contributed by atoms with Gasteiger partial charge in [-0.15, -0.1) is 0 Å². The molecule has 0 amide bonds. The third-order valence-corrected chi connectivity index (χ3v) is 7.74. The number of halogens is 1. The van der Waals surface area contributed by atoms with E-state index in [1.807, 2.05) is 24.5 Å². The Kier molecular flexibility index (Phi) is 9.45. The van der Waals surface area contributed by atoms with Crippen LogP contribution in [0.5, 0.6) is 11.5 Å². The normalized spacial score (nSPS) is 13.9. The Labute approximate surface area is 238 Å². The van der Waals surface area contributed by atoms with E-state index in [-0.39, 0.29) is 0 Å². The quantitative estimate of drug-likeness (QED) is 0.231. The molecule has 0 aliphatic carbocycles. The van der Waals surface area contributed by atoms with Crippen LogP contribution in [-0.2, 0) is 0 Å². The van der Waals surface area contributed by atoms with Crippen molar-refractivity contribution in [1.82, 2.24) is 14.9 Å². The van der Waals surface area contributed by atoms with Gasteiger partial charge in [-0.25, -0.2) is 4.98 Å². The highest BCUT2D eigenvalue weighted by Crippen LogP contribution is 2.38. The minimum atomic E-state index is 0.454. The van der Waals surface area contributed by atoms with Crippen LogP contribution in [0, 0.1) is 6.92 Å². The number of nitrogens with zero attached hydrogens (tertiary/aromatic N) is 4. The molecule has 0 spiro atoms. The van der Waals surface area contributed by atoms with Gasteiger partial charge in [-0.3, -0.25) is 0 Å². The zero-order valence-corrected chi connectivity index (χ0v) is 25.2. The summed E-state index contributed by atoms with van der Waals surface area (Å²) in [5.74, 6) is 2.56. The molecule has 0 radical (unpaired) electrons. The number of methoxy groups -OCH3 is 2. The number of hydrogen-bond donors (Lipinski definition) is 3. The molecule has 3 aromatic rings.